The first-order chi connectivity index (χ1) is 11.0. The van der Waals surface area contributed by atoms with Crippen molar-refractivity contribution in [3.8, 4) is 6.07 Å². The van der Waals surface area contributed by atoms with E-state index in [0.717, 1.165) is 5.56 Å². The van der Waals surface area contributed by atoms with Gasteiger partial charge in [-0.15, -0.1) is 0 Å². The number of rotatable bonds is 5. The zero-order chi connectivity index (χ0) is 16.8. The second-order valence-corrected chi connectivity index (χ2v) is 5.36. The Morgan fingerprint density at radius 1 is 1.26 bits per heavy atom. The van der Waals surface area contributed by atoms with Crippen LogP contribution in [0.15, 0.2) is 48.5 Å². The van der Waals surface area contributed by atoms with Crippen LogP contribution in [0.5, 0.6) is 0 Å². The molecule has 0 heterocycles. The zero-order valence-corrected chi connectivity index (χ0v) is 13.1. The lowest BCUT2D eigenvalue weighted by molar-refractivity contribution is -0.120. The van der Waals surface area contributed by atoms with Gasteiger partial charge in [-0.2, -0.15) is 5.26 Å². The SMILES string of the molecule is C[C@H](C(=O)Nc1ccccc1C#N)N(C)Cc1ccc(F)cc1. The summed E-state index contributed by atoms with van der Waals surface area (Å²) in [5.74, 6) is -0.479. The van der Waals surface area contributed by atoms with Gasteiger partial charge in [-0.3, -0.25) is 9.69 Å². The van der Waals surface area contributed by atoms with Crippen LogP contribution in [0.3, 0.4) is 0 Å². The standard InChI is InChI=1S/C18H18FN3O/c1-13(22(2)12-14-7-9-16(19)10-8-14)18(23)21-17-6-4-3-5-15(17)11-20/h3-10,13H,12H2,1-2H3,(H,21,23)/t13-/m1/s1. The van der Waals surface area contributed by atoms with Crippen LogP contribution in [0.4, 0.5) is 10.1 Å². The van der Waals surface area contributed by atoms with E-state index in [0.29, 0.717) is 17.8 Å². The van der Waals surface area contributed by atoms with Gasteiger partial charge in [-0.1, -0.05) is 24.3 Å². The molecule has 0 aromatic heterocycles. The number of nitrogens with one attached hydrogen (secondary N) is 1. The number of benzene rings is 2. The number of nitriles is 1. The van der Waals surface area contributed by atoms with E-state index in [9.17, 15) is 9.18 Å². The Kier molecular flexibility index (Phi) is 5.45. The maximum atomic E-state index is 12.9. The molecular formula is C18H18FN3O. The molecule has 0 radical (unpaired) electrons. The smallest absolute Gasteiger partial charge is 0.241 e. The van der Waals surface area contributed by atoms with Gasteiger partial charge >= 0.3 is 0 Å². The number of hydrogen-bond donors (Lipinski definition) is 1. The molecule has 0 aliphatic carbocycles. The Hall–Kier alpha value is -2.71. The quantitative estimate of drug-likeness (QED) is 0.923. The van der Waals surface area contributed by atoms with Gasteiger partial charge < -0.3 is 5.32 Å². The molecular weight excluding hydrogens is 293 g/mol. The van der Waals surface area contributed by atoms with Crippen LogP contribution >= 0.6 is 0 Å². The van der Waals surface area contributed by atoms with Crippen molar-refractivity contribution in [2.75, 3.05) is 12.4 Å². The topological polar surface area (TPSA) is 56.1 Å². The van der Waals surface area contributed by atoms with Gasteiger partial charge in [0.1, 0.15) is 11.9 Å². The highest BCUT2D eigenvalue weighted by Gasteiger charge is 2.19. The Labute approximate surface area is 135 Å². The van der Waals surface area contributed by atoms with Crippen LogP contribution in [0.2, 0.25) is 0 Å². The molecule has 0 aliphatic heterocycles. The molecule has 1 amide bonds. The van der Waals surface area contributed by atoms with E-state index < -0.39 is 6.04 Å². The number of carbonyl (C=O) groups excluding carboxylic acids is 1. The summed E-state index contributed by atoms with van der Waals surface area (Å²) in [4.78, 5) is 14.2. The molecule has 0 spiro atoms. The lowest BCUT2D eigenvalue weighted by Gasteiger charge is -2.24. The average molecular weight is 311 g/mol. The van der Waals surface area contributed by atoms with Crippen molar-refractivity contribution in [3.05, 3.63) is 65.5 Å². The van der Waals surface area contributed by atoms with Crippen molar-refractivity contribution in [3.63, 3.8) is 0 Å². The molecule has 2 aromatic carbocycles. The molecule has 2 aromatic rings. The third-order valence-electron chi connectivity index (χ3n) is 3.69. The monoisotopic (exact) mass is 311 g/mol. The largest absolute Gasteiger partial charge is 0.324 e. The van der Waals surface area contributed by atoms with Crippen molar-refractivity contribution in [2.45, 2.75) is 19.5 Å². The van der Waals surface area contributed by atoms with Gasteiger partial charge in [0.25, 0.3) is 0 Å². The first kappa shape index (κ1) is 16.7. The van der Waals surface area contributed by atoms with Gasteiger partial charge in [0.15, 0.2) is 0 Å². The molecule has 1 N–H and O–H groups in total. The summed E-state index contributed by atoms with van der Waals surface area (Å²) in [5, 5.41) is 11.8. The van der Waals surface area contributed by atoms with Gasteiger partial charge in [0, 0.05) is 6.54 Å². The van der Waals surface area contributed by atoms with Crippen molar-refractivity contribution in [1.29, 1.82) is 5.26 Å². The van der Waals surface area contributed by atoms with E-state index >= 15 is 0 Å². The zero-order valence-electron chi connectivity index (χ0n) is 13.1. The summed E-state index contributed by atoms with van der Waals surface area (Å²) in [6.07, 6.45) is 0. The van der Waals surface area contributed by atoms with Crippen LogP contribution in [0.25, 0.3) is 0 Å². The maximum Gasteiger partial charge on any atom is 0.241 e. The molecule has 1 atom stereocenters. The first-order valence-corrected chi connectivity index (χ1v) is 7.26. The molecule has 5 heteroatoms. The number of anilines is 1. The minimum absolute atomic E-state index is 0.197. The minimum Gasteiger partial charge on any atom is -0.324 e. The number of para-hydroxylation sites is 1. The summed E-state index contributed by atoms with van der Waals surface area (Å²) in [6, 6.07) is 14.7. The van der Waals surface area contributed by atoms with Crippen LogP contribution < -0.4 is 5.32 Å². The van der Waals surface area contributed by atoms with Crippen molar-refractivity contribution in [1.82, 2.24) is 4.90 Å². The minimum atomic E-state index is -0.396. The molecule has 0 saturated heterocycles. The Morgan fingerprint density at radius 2 is 1.91 bits per heavy atom. The molecule has 118 valence electrons. The van der Waals surface area contributed by atoms with Crippen LogP contribution in [0, 0.1) is 17.1 Å². The summed E-state index contributed by atoms with van der Waals surface area (Å²) in [6.45, 7) is 2.31. The van der Waals surface area contributed by atoms with Crippen molar-refractivity contribution >= 4 is 11.6 Å². The lowest BCUT2D eigenvalue weighted by atomic mass is 10.1. The van der Waals surface area contributed by atoms with E-state index in [1.165, 1.54) is 12.1 Å². The summed E-state index contributed by atoms with van der Waals surface area (Å²) < 4.78 is 12.9. The van der Waals surface area contributed by atoms with Crippen LogP contribution in [0.1, 0.15) is 18.1 Å². The van der Waals surface area contributed by atoms with Crippen LogP contribution in [-0.4, -0.2) is 23.9 Å². The number of likely N-dealkylation sites (N-methyl/N-ethyl adjacent to an activating group) is 1. The van der Waals surface area contributed by atoms with Gasteiger partial charge in [-0.05, 0) is 43.8 Å². The highest BCUT2D eigenvalue weighted by molar-refractivity contribution is 5.95. The predicted octanol–water partition coefficient (Wildman–Crippen LogP) is 3.16. The molecule has 4 nitrogen and oxygen atoms in total. The second kappa shape index (κ2) is 7.52. The number of halogens is 1. The van der Waals surface area contributed by atoms with Crippen molar-refractivity contribution in [2.24, 2.45) is 0 Å². The van der Waals surface area contributed by atoms with Gasteiger partial charge in [0.05, 0.1) is 17.3 Å². The molecule has 23 heavy (non-hydrogen) atoms. The van der Waals surface area contributed by atoms with E-state index in [-0.39, 0.29) is 11.7 Å². The fraction of sp³-hybridized carbons (Fsp3) is 0.222. The van der Waals surface area contributed by atoms with Gasteiger partial charge in [0.2, 0.25) is 5.91 Å². The van der Waals surface area contributed by atoms with Crippen LogP contribution in [-0.2, 0) is 11.3 Å². The number of carbonyl (C=O) groups is 1. The van der Waals surface area contributed by atoms with E-state index in [2.05, 4.69) is 11.4 Å². The Bertz CT molecular complexity index is 722. The van der Waals surface area contributed by atoms with Gasteiger partial charge in [-0.25, -0.2) is 4.39 Å². The highest BCUT2D eigenvalue weighted by atomic mass is 19.1. The summed E-state index contributed by atoms with van der Waals surface area (Å²) in [7, 11) is 1.82. The fourth-order valence-electron chi connectivity index (χ4n) is 2.14. The van der Waals surface area contributed by atoms with Crippen molar-refractivity contribution < 1.29 is 9.18 Å². The maximum absolute atomic E-state index is 12.9. The molecule has 0 aliphatic rings. The summed E-state index contributed by atoms with van der Waals surface area (Å²) >= 11 is 0. The van der Waals surface area contributed by atoms with E-state index in [1.807, 2.05) is 11.9 Å². The number of nitrogens with zero attached hydrogens (tertiary/aromatic N) is 2. The Balaban J connectivity index is 2.01. The first-order valence-electron chi connectivity index (χ1n) is 7.26. The average Bonchev–Trinajstić information content (AvgIpc) is 2.56. The molecule has 2 rings (SSSR count). The number of hydrogen-bond acceptors (Lipinski definition) is 3. The second-order valence-electron chi connectivity index (χ2n) is 5.36. The van der Waals surface area contributed by atoms with E-state index in [1.54, 1.807) is 43.3 Å². The fourth-order valence-corrected chi connectivity index (χ4v) is 2.14. The molecule has 0 fully saturated rings. The normalized spacial score (nSPS) is 11.8. The Morgan fingerprint density at radius 3 is 2.57 bits per heavy atom. The van der Waals surface area contributed by atoms with E-state index in [4.69, 9.17) is 5.26 Å². The number of amides is 1. The predicted molar refractivity (Wildman–Crippen MR) is 87.1 cm³/mol. The third-order valence-corrected chi connectivity index (χ3v) is 3.69. The molecule has 0 saturated carbocycles. The molecule has 0 bridgehead atoms. The lowest BCUT2D eigenvalue weighted by Crippen LogP contribution is -2.39. The highest BCUT2D eigenvalue weighted by Crippen LogP contribution is 2.15. The third kappa shape index (κ3) is 4.38. The summed E-state index contributed by atoms with van der Waals surface area (Å²) in [5.41, 5.74) is 1.85. The molecule has 0 unspecified atom stereocenters.